The van der Waals surface area contributed by atoms with Gasteiger partial charge in [-0.3, -0.25) is 9.10 Å². The second-order valence-corrected chi connectivity index (χ2v) is 8.07. The lowest BCUT2D eigenvalue weighted by atomic mass is 10.1. The summed E-state index contributed by atoms with van der Waals surface area (Å²) < 4.78 is 24.4. The zero-order valence-electron chi connectivity index (χ0n) is 13.9. The molecule has 2 aromatic carbocycles. The largest absolute Gasteiger partial charge is 0.322 e. The summed E-state index contributed by atoms with van der Waals surface area (Å²) in [4.78, 5) is 12.4. The minimum absolute atomic E-state index is 0.255. The zero-order chi connectivity index (χ0) is 18.1. The van der Waals surface area contributed by atoms with Gasteiger partial charge in [0.25, 0.3) is 5.91 Å². The molecule has 0 bridgehead atoms. The first kappa shape index (κ1) is 18.3. The van der Waals surface area contributed by atoms with E-state index < -0.39 is 10.0 Å². The molecule has 0 fully saturated rings. The van der Waals surface area contributed by atoms with Crippen molar-refractivity contribution < 1.29 is 13.2 Å². The summed E-state index contributed by atoms with van der Waals surface area (Å²) in [5.74, 6) is -0.335. The predicted molar refractivity (Wildman–Crippen MR) is 98.6 cm³/mol. The maximum atomic E-state index is 12.4. The van der Waals surface area contributed by atoms with E-state index in [4.69, 9.17) is 11.6 Å². The SMILES string of the molecule is Cc1ccc(NC(=O)c2ccc(Cl)c(N(C)S(C)(=O)=O)c2)cc1C. The van der Waals surface area contributed by atoms with Crippen LogP contribution in [0.1, 0.15) is 21.5 Å². The van der Waals surface area contributed by atoms with Gasteiger partial charge in [0, 0.05) is 18.3 Å². The summed E-state index contributed by atoms with van der Waals surface area (Å²) in [6, 6.07) is 10.1. The van der Waals surface area contributed by atoms with Crippen molar-refractivity contribution >= 4 is 38.9 Å². The molecule has 1 amide bonds. The lowest BCUT2D eigenvalue weighted by molar-refractivity contribution is 0.102. The Morgan fingerprint density at radius 1 is 1.08 bits per heavy atom. The molecule has 0 atom stereocenters. The molecule has 0 unspecified atom stereocenters. The predicted octanol–water partition coefficient (Wildman–Crippen LogP) is 3.60. The molecule has 0 aliphatic rings. The highest BCUT2D eigenvalue weighted by atomic mass is 35.5. The fourth-order valence-corrected chi connectivity index (χ4v) is 2.90. The van der Waals surface area contributed by atoms with Crippen molar-refractivity contribution in [3.05, 3.63) is 58.1 Å². The molecule has 1 N–H and O–H groups in total. The van der Waals surface area contributed by atoms with E-state index in [1.165, 1.54) is 19.2 Å². The third-order valence-corrected chi connectivity index (χ3v) is 5.32. The topological polar surface area (TPSA) is 66.5 Å². The fourth-order valence-electron chi connectivity index (χ4n) is 2.10. The van der Waals surface area contributed by atoms with Gasteiger partial charge in [0.05, 0.1) is 17.0 Å². The minimum Gasteiger partial charge on any atom is -0.322 e. The molecule has 2 rings (SSSR count). The second kappa shape index (κ2) is 6.83. The molecular weight excluding hydrogens is 348 g/mol. The molecule has 128 valence electrons. The summed E-state index contributed by atoms with van der Waals surface area (Å²) in [5, 5.41) is 3.06. The number of nitrogens with one attached hydrogen (secondary N) is 1. The van der Waals surface area contributed by atoms with Gasteiger partial charge in [-0.15, -0.1) is 0 Å². The number of halogens is 1. The van der Waals surface area contributed by atoms with Gasteiger partial charge >= 0.3 is 0 Å². The highest BCUT2D eigenvalue weighted by Crippen LogP contribution is 2.28. The van der Waals surface area contributed by atoms with Crippen LogP contribution in [-0.4, -0.2) is 27.6 Å². The molecule has 0 saturated carbocycles. The van der Waals surface area contributed by atoms with Crippen LogP contribution in [0.2, 0.25) is 5.02 Å². The van der Waals surface area contributed by atoms with E-state index in [1.54, 1.807) is 6.07 Å². The number of hydrogen-bond acceptors (Lipinski definition) is 3. The number of carbonyl (C=O) groups is 1. The van der Waals surface area contributed by atoms with Gasteiger partial charge in [-0.05, 0) is 55.3 Å². The van der Waals surface area contributed by atoms with Crippen molar-refractivity contribution in [1.29, 1.82) is 0 Å². The Hall–Kier alpha value is -2.05. The van der Waals surface area contributed by atoms with Crippen LogP contribution < -0.4 is 9.62 Å². The summed E-state index contributed by atoms with van der Waals surface area (Å²) in [6.45, 7) is 3.96. The highest BCUT2D eigenvalue weighted by Gasteiger charge is 2.17. The molecule has 24 heavy (non-hydrogen) atoms. The van der Waals surface area contributed by atoms with Crippen molar-refractivity contribution in [1.82, 2.24) is 0 Å². The highest BCUT2D eigenvalue weighted by molar-refractivity contribution is 7.92. The average molecular weight is 367 g/mol. The molecule has 0 aliphatic heterocycles. The van der Waals surface area contributed by atoms with Gasteiger partial charge in [-0.1, -0.05) is 17.7 Å². The summed E-state index contributed by atoms with van der Waals surface area (Å²) in [6.07, 6.45) is 1.07. The van der Waals surface area contributed by atoms with Gasteiger partial charge in [0.1, 0.15) is 0 Å². The van der Waals surface area contributed by atoms with Crippen LogP contribution in [0.3, 0.4) is 0 Å². The van der Waals surface area contributed by atoms with Crippen LogP contribution in [-0.2, 0) is 10.0 Å². The van der Waals surface area contributed by atoms with E-state index in [0.29, 0.717) is 11.3 Å². The van der Waals surface area contributed by atoms with Gasteiger partial charge in [-0.25, -0.2) is 8.42 Å². The summed E-state index contributed by atoms with van der Waals surface area (Å²) in [5.41, 5.74) is 3.46. The molecule has 0 radical (unpaired) electrons. The van der Waals surface area contributed by atoms with Crippen LogP contribution in [0.4, 0.5) is 11.4 Å². The van der Waals surface area contributed by atoms with E-state index in [0.717, 1.165) is 21.7 Å². The number of sulfonamides is 1. The minimum atomic E-state index is -3.47. The Labute approximate surface area is 147 Å². The van der Waals surface area contributed by atoms with Crippen molar-refractivity contribution in [2.24, 2.45) is 0 Å². The molecular formula is C17H19ClN2O3S. The maximum Gasteiger partial charge on any atom is 0.255 e. The van der Waals surface area contributed by atoms with Gasteiger partial charge in [0.2, 0.25) is 10.0 Å². The molecule has 0 aliphatic carbocycles. The van der Waals surface area contributed by atoms with Crippen LogP contribution in [0.5, 0.6) is 0 Å². The van der Waals surface area contributed by atoms with Crippen LogP contribution >= 0.6 is 11.6 Å². The Morgan fingerprint density at radius 3 is 2.33 bits per heavy atom. The van der Waals surface area contributed by atoms with Crippen LogP contribution in [0.15, 0.2) is 36.4 Å². The Bertz CT molecular complexity index is 895. The first-order valence-electron chi connectivity index (χ1n) is 7.21. The first-order valence-corrected chi connectivity index (χ1v) is 9.44. The molecule has 2 aromatic rings. The average Bonchev–Trinajstić information content (AvgIpc) is 2.49. The Kier molecular flexibility index (Phi) is 5.20. The number of hydrogen-bond donors (Lipinski definition) is 1. The molecule has 0 aromatic heterocycles. The van der Waals surface area contributed by atoms with Gasteiger partial charge < -0.3 is 5.32 Å². The van der Waals surface area contributed by atoms with Crippen LogP contribution in [0, 0.1) is 13.8 Å². The van der Waals surface area contributed by atoms with Gasteiger partial charge in [-0.2, -0.15) is 0 Å². The third kappa shape index (κ3) is 4.07. The van der Waals surface area contributed by atoms with Crippen LogP contribution in [0.25, 0.3) is 0 Å². The number of nitrogens with zero attached hydrogens (tertiary/aromatic N) is 1. The smallest absolute Gasteiger partial charge is 0.255 e. The third-order valence-electron chi connectivity index (χ3n) is 3.81. The van der Waals surface area contributed by atoms with E-state index >= 15 is 0 Å². The number of aryl methyl sites for hydroxylation is 2. The number of anilines is 2. The van der Waals surface area contributed by atoms with E-state index in [9.17, 15) is 13.2 Å². The Balaban J connectivity index is 2.31. The maximum absolute atomic E-state index is 12.4. The van der Waals surface area contributed by atoms with E-state index in [2.05, 4.69) is 5.32 Å². The van der Waals surface area contributed by atoms with E-state index in [1.807, 2.05) is 32.0 Å². The second-order valence-electron chi connectivity index (χ2n) is 5.65. The van der Waals surface area contributed by atoms with Crippen molar-refractivity contribution in [3.8, 4) is 0 Å². The molecule has 7 heteroatoms. The van der Waals surface area contributed by atoms with Crippen molar-refractivity contribution in [3.63, 3.8) is 0 Å². The summed E-state index contributed by atoms with van der Waals surface area (Å²) >= 11 is 6.06. The summed E-state index contributed by atoms with van der Waals surface area (Å²) in [7, 11) is -2.08. The zero-order valence-corrected chi connectivity index (χ0v) is 15.5. The lowest BCUT2D eigenvalue weighted by Gasteiger charge is -2.19. The monoisotopic (exact) mass is 366 g/mol. The van der Waals surface area contributed by atoms with Crippen molar-refractivity contribution in [2.75, 3.05) is 22.9 Å². The first-order chi connectivity index (χ1) is 11.1. The standard InChI is InChI=1S/C17H19ClN2O3S/c1-11-5-7-14(9-12(11)2)19-17(21)13-6-8-15(18)16(10-13)20(3)24(4,22)23/h5-10H,1-4H3,(H,19,21). The van der Waals surface area contributed by atoms with Gasteiger partial charge in [0.15, 0.2) is 0 Å². The molecule has 0 heterocycles. The quantitative estimate of drug-likeness (QED) is 0.898. The number of benzene rings is 2. The Morgan fingerprint density at radius 2 is 1.75 bits per heavy atom. The molecule has 0 spiro atoms. The normalized spacial score (nSPS) is 11.2. The molecule has 0 saturated heterocycles. The molecule has 5 nitrogen and oxygen atoms in total. The number of amides is 1. The fraction of sp³-hybridized carbons (Fsp3) is 0.235. The van der Waals surface area contributed by atoms with Crippen molar-refractivity contribution in [2.45, 2.75) is 13.8 Å². The number of rotatable bonds is 4. The number of carbonyl (C=O) groups excluding carboxylic acids is 1. The lowest BCUT2D eigenvalue weighted by Crippen LogP contribution is -2.25. The van der Waals surface area contributed by atoms with E-state index in [-0.39, 0.29) is 16.6 Å².